The number of alkyl halides is 1. The highest BCUT2D eigenvalue weighted by molar-refractivity contribution is 6.42. The molecule has 114 valence electrons. The molecule has 1 aromatic heterocycles. The van der Waals surface area contributed by atoms with E-state index in [4.69, 9.17) is 34.8 Å². The minimum atomic E-state index is 0.395. The summed E-state index contributed by atoms with van der Waals surface area (Å²) in [5.41, 5.74) is 1.90. The van der Waals surface area contributed by atoms with Gasteiger partial charge in [-0.2, -0.15) is 0 Å². The highest BCUT2D eigenvalue weighted by Gasteiger charge is 2.24. The highest BCUT2D eigenvalue weighted by Crippen LogP contribution is 2.33. The Morgan fingerprint density at radius 2 is 2.05 bits per heavy atom. The van der Waals surface area contributed by atoms with Crippen molar-refractivity contribution in [2.45, 2.75) is 31.7 Å². The molecule has 1 atom stereocenters. The second-order valence-electron chi connectivity index (χ2n) is 5.48. The Labute approximate surface area is 139 Å². The van der Waals surface area contributed by atoms with Crippen LogP contribution in [0.5, 0.6) is 0 Å². The second-order valence-corrected chi connectivity index (χ2v) is 6.56. The molecule has 6 heteroatoms. The number of hydrogen-bond acceptors (Lipinski definition) is 2. The van der Waals surface area contributed by atoms with Gasteiger partial charge in [-0.25, -0.2) is 4.98 Å². The van der Waals surface area contributed by atoms with Crippen LogP contribution in [-0.4, -0.2) is 34.1 Å². The van der Waals surface area contributed by atoms with Crippen LogP contribution in [0.25, 0.3) is 11.0 Å². The molecule has 1 saturated heterocycles. The number of likely N-dealkylation sites (tertiary alicyclic amines) is 1. The lowest BCUT2D eigenvalue weighted by molar-refractivity contribution is 0.186. The maximum Gasteiger partial charge on any atom is 0.125 e. The van der Waals surface area contributed by atoms with E-state index < -0.39 is 0 Å². The standard InChI is InChI=1S/C15H18Cl3N3/c1-2-20-5-3-4-10(9-20)21-14-7-12(18)11(17)6-13(14)19-15(21)8-16/h6-7,10H,2-5,8-9H2,1H3. The average Bonchev–Trinajstić information content (AvgIpc) is 2.85. The van der Waals surface area contributed by atoms with E-state index in [9.17, 15) is 0 Å². The first-order chi connectivity index (χ1) is 10.1. The van der Waals surface area contributed by atoms with E-state index >= 15 is 0 Å². The number of imidazole rings is 1. The largest absolute Gasteiger partial charge is 0.323 e. The third-order valence-electron chi connectivity index (χ3n) is 4.22. The van der Waals surface area contributed by atoms with Crippen molar-refractivity contribution >= 4 is 45.8 Å². The summed E-state index contributed by atoms with van der Waals surface area (Å²) in [6.45, 7) is 5.48. The zero-order chi connectivity index (χ0) is 15.0. The number of aromatic nitrogens is 2. The highest BCUT2D eigenvalue weighted by atomic mass is 35.5. The van der Waals surface area contributed by atoms with Gasteiger partial charge in [-0.3, -0.25) is 0 Å². The van der Waals surface area contributed by atoms with Gasteiger partial charge in [-0.15, -0.1) is 11.6 Å². The summed E-state index contributed by atoms with van der Waals surface area (Å²) in [7, 11) is 0. The van der Waals surface area contributed by atoms with Gasteiger partial charge in [0.25, 0.3) is 0 Å². The summed E-state index contributed by atoms with van der Waals surface area (Å²) in [4.78, 5) is 7.10. The fraction of sp³-hybridized carbons (Fsp3) is 0.533. The Morgan fingerprint density at radius 1 is 1.29 bits per heavy atom. The summed E-state index contributed by atoms with van der Waals surface area (Å²) in [5, 5.41) is 1.10. The van der Waals surface area contributed by atoms with Crippen LogP contribution >= 0.6 is 34.8 Å². The van der Waals surface area contributed by atoms with Crippen molar-refractivity contribution < 1.29 is 0 Å². The molecule has 1 aliphatic heterocycles. The van der Waals surface area contributed by atoms with E-state index in [1.807, 2.05) is 12.1 Å². The number of piperidine rings is 1. The molecule has 0 saturated carbocycles. The number of halogens is 3. The van der Waals surface area contributed by atoms with Gasteiger partial charge in [0.1, 0.15) is 5.82 Å². The number of benzene rings is 1. The van der Waals surface area contributed by atoms with E-state index in [1.165, 1.54) is 13.0 Å². The monoisotopic (exact) mass is 345 g/mol. The fourth-order valence-electron chi connectivity index (χ4n) is 3.17. The van der Waals surface area contributed by atoms with E-state index in [-0.39, 0.29) is 0 Å². The Morgan fingerprint density at radius 3 is 2.76 bits per heavy atom. The molecule has 0 bridgehead atoms. The summed E-state index contributed by atoms with van der Waals surface area (Å²) < 4.78 is 2.26. The van der Waals surface area contributed by atoms with Crippen molar-refractivity contribution in [1.29, 1.82) is 0 Å². The summed E-state index contributed by atoms with van der Waals surface area (Å²) >= 11 is 18.4. The van der Waals surface area contributed by atoms with E-state index in [2.05, 4.69) is 21.4 Å². The predicted octanol–water partition coefficient (Wildman–Crippen LogP) is 4.74. The van der Waals surface area contributed by atoms with Crippen LogP contribution in [0.15, 0.2) is 12.1 Å². The number of fused-ring (bicyclic) bond motifs is 1. The lowest BCUT2D eigenvalue weighted by Crippen LogP contribution is -2.36. The Hall–Kier alpha value is -0.480. The molecular formula is C15H18Cl3N3. The molecule has 3 rings (SSSR count). The molecule has 0 spiro atoms. The first-order valence-corrected chi connectivity index (χ1v) is 8.57. The number of likely N-dealkylation sites (N-methyl/N-ethyl adjacent to an activating group) is 1. The minimum Gasteiger partial charge on any atom is -0.323 e. The van der Waals surface area contributed by atoms with Crippen LogP contribution in [0.2, 0.25) is 10.0 Å². The molecule has 0 radical (unpaired) electrons. The van der Waals surface area contributed by atoms with E-state index in [0.29, 0.717) is 22.0 Å². The first kappa shape index (κ1) is 15.4. The van der Waals surface area contributed by atoms with Crippen molar-refractivity contribution in [2.24, 2.45) is 0 Å². The van der Waals surface area contributed by atoms with Crippen LogP contribution in [0.1, 0.15) is 31.6 Å². The zero-order valence-electron chi connectivity index (χ0n) is 12.0. The predicted molar refractivity (Wildman–Crippen MR) is 89.7 cm³/mol. The van der Waals surface area contributed by atoms with E-state index in [0.717, 1.165) is 36.4 Å². The molecule has 0 aliphatic carbocycles. The van der Waals surface area contributed by atoms with Gasteiger partial charge in [0.05, 0.1) is 27.0 Å². The molecule has 21 heavy (non-hydrogen) atoms. The topological polar surface area (TPSA) is 21.1 Å². The van der Waals surface area contributed by atoms with Gasteiger partial charge in [0, 0.05) is 12.6 Å². The van der Waals surface area contributed by atoms with Gasteiger partial charge in [0.15, 0.2) is 0 Å². The van der Waals surface area contributed by atoms with Gasteiger partial charge in [-0.1, -0.05) is 30.1 Å². The molecule has 2 aromatic rings. The van der Waals surface area contributed by atoms with Crippen LogP contribution < -0.4 is 0 Å². The summed E-state index contributed by atoms with van der Waals surface area (Å²) in [6, 6.07) is 4.13. The Kier molecular flexibility index (Phi) is 4.65. The van der Waals surface area contributed by atoms with Gasteiger partial charge >= 0.3 is 0 Å². The third-order valence-corrected chi connectivity index (χ3v) is 5.18. The number of hydrogen-bond donors (Lipinski definition) is 0. The molecule has 1 unspecified atom stereocenters. The van der Waals surface area contributed by atoms with Crippen molar-refractivity contribution in [2.75, 3.05) is 19.6 Å². The number of rotatable bonds is 3. The second kappa shape index (κ2) is 6.33. The first-order valence-electron chi connectivity index (χ1n) is 7.28. The average molecular weight is 347 g/mol. The van der Waals surface area contributed by atoms with Crippen LogP contribution in [0.4, 0.5) is 0 Å². The molecule has 1 aromatic carbocycles. The Bertz CT molecular complexity index is 653. The maximum atomic E-state index is 6.19. The van der Waals surface area contributed by atoms with Crippen LogP contribution in [0.3, 0.4) is 0 Å². The van der Waals surface area contributed by atoms with Crippen molar-refractivity contribution in [3.8, 4) is 0 Å². The van der Waals surface area contributed by atoms with Crippen molar-refractivity contribution in [3.63, 3.8) is 0 Å². The van der Waals surface area contributed by atoms with Gasteiger partial charge in [0.2, 0.25) is 0 Å². The Balaban J connectivity index is 2.09. The van der Waals surface area contributed by atoms with Crippen LogP contribution in [-0.2, 0) is 5.88 Å². The molecule has 1 aliphatic rings. The van der Waals surface area contributed by atoms with Gasteiger partial charge < -0.3 is 9.47 Å². The summed E-state index contributed by atoms with van der Waals surface area (Å²) in [6.07, 6.45) is 2.34. The lowest BCUT2D eigenvalue weighted by Gasteiger charge is -2.33. The minimum absolute atomic E-state index is 0.395. The molecular weight excluding hydrogens is 329 g/mol. The van der Waals surface area contributed by atoms with Crippen LogP contribution in [0, 0.1) is 0 Å². The maximum absolute atomic E-state index is 6.19. The quantitative estimate of drug-likeness (QED) is 0.749. The molecule has 1 fully saturated rings. The van der Waals surface area contributed by atoms with Gasteiger partial charge in [-0.05, 0) is 38.1 Å². The fourth-order valence-corrected chi connectivity index (χ4v) is 3.68. The molecule has 2 heterocycles. The third kappa shape index (κ3) is 2.89. The smallest absolute Gasteiger partial charge is 0.125 e. The zero-order valence-corrected chi connectivity index (χ0v) is 14.2. The number of nitrogens with zero attached hydrogens (tertiary/aromatic N) is 3. The summed E-state index contributed by atoms with van der Waals surface area (Å²) in [5.74, 6) is 1.29. The van der Waals surface area contributed by atoms with Crippen molar-refractivity contribution in [3.05, 3.63) is 28.0 Å². The molecule has 0 amide bonds. The molecule has 0 N–H and O–H groups in total. The normalized spacial score (nSPS) is 20.3. The van der Waals surface area contributed by atoms with Crippen molar-refractivity contribution in [1.82, 2.24) is 14.5 Å². The molecule has 3 nitrogen and oxygen atoms in total. The van der Waals surface area contributed by atoms with E-state index in [1.54, 1.807) is 0 Å². The SMILES string of the molecule is CCN1CCCC(n2c(CCl)nc3cc(Cl)c(Cl)cc32)C1. The lowest BCUT2D eigenvalue weighted by atomic mass is 10.1.